The van der Waals surface area contributed by atoms with Gasteiger partial charge >= 0.3 is 0 Å². The summed E-state index contributed by atoms with van der Waals surface area (Å²) in [5.74, 6) is 0.471. The third-order valence-corrected chi connectivity index (χ3v) is 3.98. The second kappa shape index (κ2) is 6.63. The van der Waals surface area contributed by atoms with E-state index in [0.717, 1.165) is 22.9 Å². The first-order chi connectivity index (χ1) is 7.95. The molecule has 0 radical (unpaired) electrons. The molecular formula is C14H21Cl2N. The maximum absolute atomic E-state index is 6.26. The average molecular weight is 274 g/mol. The van der Waals surface area contributed by atoms with Crippen LogP contribution in [0.5, 0.6) is 0 Å². The summed E-state index contributed by atoms with van der Waals surface area (Å²) in [4.78, 5) is 2.24. The zero-order chi connectivity index (χ0) is 13.0. The number of nitrogens with zero attached hydrogens (tertiary/aromatic N) is 1. The van der Waals surface area contributed by atoms with Crippen molar-refractivity contribution in [3.8, 4) is 0 Å². The molecule has 0 heterocycles. The van der Waals surface area contributed by atoms with Gasteiger partial charge in [-0.05, 0) is 63.5 Å². The first-order valence-electron chi connectivity index (χ1n) is 6.07. The second-order valence-corrected chi connectivity index (χ2v) is 5.66. The summed E-state index contributed by atoms with van der Waals surface area (Å²) >= 11 is 12.3. The number of benzene rings is 1. The highest BCUT2D eigenvalue weighted by Crippen LogP contribution is 2.33. The Bertz CT molecular complexity index is 363. The Morgan fingerprint density at radius 1 is 1.24 bits per heavy atom. The highest BCUT2D eigenvalue weighted by molar-refractivity contribution is 6.33. The number of hydrogen-bond donors (Lipinski definition) is 0. The fourth-order valence-corrected chi connectivity index (χ4v) is 2.42. The minimum absolute atomic E-state index is 0.471. The van der Waals surface area contributed by atoms with E-state index in [1.54, 1.807) is 0 Å². The van der Waals surface area contributed by atoms with Crippen molar-refractivity contribution in [1.29, 1.82) is 0 Å². The Morgan fingerprint density at radius 2 is 1.88 bits per heavy atom. The molecule has 0 aliphatic carbocycles. The Hall–Kier alpha value is -0.240. The van der Waals surface area contributed by atoms with Gasteiger partial charge < -0.3 is 4.90 Å². The molecule has 2 unspecified atom stereocenters. The minimum atomic E-state index is 0.471. The molecule has 2 atom stereocenters. The van der Waals surface area contributed by atoms with Crippen molar-refractivity contribution in [2.45, 2.75) is 38.6 Å². The van der Waals surface area contributed by atoms with Crippen LogP contribution in [0.1, 0.15) is 38.2 Å². The third-order valence-electron chi connectivity index (χ3n) is 3.40. The SMILES string of the molecule is CCC(CC(C)N(C)C)c1cc(Cl)ccc1Cl. The van der Waals surface area contributed by atoms with Crippen LogP contribution in [0, 0.1) is 0 Å². The van der Waals surface area contributed by atoms with Crippen molar-refractivity contribution in [3.05, 3.63) is 33.8 Å². The largest absolute Gasteiger partial charge is 0.307 e. The molecular weight excluding hydrogens is 253 g/mol. The summed E-state index contributed by atoms with van der Waals surface area (Å²) in [6, 6.07) is 6.27. The topological polar surface area (TPSA) is 3.24 Å². The molecule has 0 aliphatic heterocycles. The molecule has 0 spiro atoms. The molecule has 0 aromatic heterocycles. The van der Waals surface area contributed by atoms with Gasteiger partial charge in [-0.1, -0.05) is 30.1 Å². The van der Waals surface area contributed by atoms with E-state index in [9.17, 15) is 0 Å². The third kappa shape index (κ3) is 4.17. The number of rotatable bonds is 5. The molecule has 0 saturated heterocycles. The van der Waals surface area contributed by atoms with Crippen LogP contribution in [0.25, 0.3) is 0 Å². The predicted octanol–water partition coefficient (Wildman–Crippen LogP) is 4.83. The summed E-state index contributed by atoms with van der Waals surface area (Å²) < 4.78 is 0. The van der Waals surface area contributed by atoms with E-state index in [2.05, 4.69) is 32.8 Å². The van der Waals surface area contributed by atoms with E-state index in [1.807, 2.05) is 18.2 Å². The van der Waals surface area contributed by atoms with Gasteiger partial charge in [-0.2, -0.15) is 0 Å². The number of halogens is 2. The van der Waals surface area contributed by atoms with Crippen LogP contribution in [-0.2, 0) is 0 Å². The molecule has 96 valence electrons. The number of hydrogen-bond acceptors (Lipinski definition) is 1. The van der Waals surface area contributed by atoms with Gasteiger partial charge in [0.2, 0.25) is 0 Å². The molecule has 0 N–H and O–H groups in total. The zero-order valence-electron chi connectivity index (χ0n) is 11.0. The van der Waals surface area contributed by atoms with Crippen molar-refractivity contribution >= 4 is 23.2 Å². The lowest BCUT2D eigenvalue weighted by molar-refractivity contribution is 0.281. The highest BCUT2D eigenvalue weighted by atomic mass is 35.5. The Labute approximate surface area is 115 Å². The fraction of sp³-hybridized carbons (Fsp3) is 0.571. The second-order valence-electron chi connectivity index (χ2n) is 4.82. The normalized spacial score (nSPS) is 15.0. The lowest BCUT2D eigenvalue weighted by Gasteiger charge is -2.25. The van der Waals surface area contributed by atoms with Gasteiger partial charge in [0.05, 0.1) is 0 Å². The summed E-state index contributed by atoms with van der Waals surface area (Å²) in [6.07, 6.45) is 2.18. The molecule has 0 aliphatic rings. The van der Waals surface area contributed by atoms with Crippen LogP contribution in [0.4, 0.5) is 0 Å². The molecule has 0 bridgehead atoms. The molecule has 3 heteroatoms. The maximum Gasteiger partial charge on any atom is 0.0441 e. The van der Waals surface area contributed by atoms with Crippen LogP contribution in [0.3, 0.4) is 0 Å². The summed E-state index contributed by atoms with van der Waals surface area (Å²) in [5.41, 5.74) is 1.18. The molecule has 1 nitrogen and oxygen atoms in total. The molecule has 0 saturated carbocycles. The van der Waals surface area contributed by atoms with E-state index in [0.29, 0.717) is 12.0 Å². The van der Waals surface area contributed by atoms with Gasteiger partial charge in [-0.15, -0.1) is 0 Å². The van der Waals surface area contributed by atoms with Crippen LogP contribution >= 0.6 is 23.2 Å². The standard InChI is InChI=1S/C14H21Cl2N/c1-5-11(8-10(2)17(3)4)13-9-12(15)6-7-14(13)16/h6-7,9-11H,5,8H2,1-4H3. The van der Waals surface area contributed by atoms with E-state index >= 15 is 0 Å². The van der Waals surface area contributed by atoms with Crippen molar-refractivity contribution in [1.82, 2.24) is 4.90 Å². The van der Waals surface area contributed by atoms with E-state index in [-0.39, 0.29) is 0 Å². The Kier molecular flexibility index (Phi) is 5.78. The van der Waals surface area contributed by atoms with Gasteiger partial charge in [0, 0.05) is 16.1 Å². The zero-order valence-corrected chi connectivity index (χ0v) is 12.5. The van der Waals surface area contributed by atoms with E-state index in [1.165, 1.54) is 5.56 Å². The van der Waals surface area contributed by atoms with E-state index < -0.39 is 0 Å². The average Bonchev–Trinajstić information content (AvgIpc) is 2.29. The van der Waals surface area contributed by atoms with Gasteiger partial charge in [-0.25, -0.2) is 0 Å². The van der Waals surface area contributed by atoms with Crippen molar-refractivity contribution in [2.24, 2.45) is 0 Å². The summed E-state index contributed by atoms with van der Waals surface area (Å²) in [5, 5.41) is 1.59. The molecule has 17 heavy (non-hydrogen) atoms. The van der Waals surface area contributed by atoms with Gasteiger partial charge in [-0.3, -0.25) is 0 Å². The molecule has 1 aromatic rings. The predicted molar refractivity (Wildman–Crippen MR) is 77.3 cm³/mol. The van der Waals surface area contributed by atoms with Gasteiger partial charge in [0.15, 0.2) is 0 Å². The van der Waals surface area contributed by atoms with Crippen LogP contribution < -0.4 is 0 Å². The van der Waals surface area contributed by atoms with Crippen LogP contribution in [0.15, 0.2) is 18.2 Å². The van der Waals surface area contributed by atoms with Gasteiger partial charge in [0.1, 0.15) is 0 Å². The lowest BCUT2D eigenvalue weighted by atomic mass is 9.90. The fourth-order valence-electron chi connectivity index (χ4n) is 1.96. The maximum atomic E-state index is 6.26. The van der Waals surface area contributed by atoms with Crippen LogP contribution in [0.2, 0.25) is 10.0 Å². The summed E-state index contributed by atoms with van der Waals surface area (Å²) in [7, 11) is 4.22. The van der Waals surface area contributed by atoms with Gasteiger partial charge in [0.25, 0.3) is 0 Å². The smallest absolute Gasteiger partial charge is 0.0441 e. The molecule has 0 amide bonds. The van der Waals surface area contributed by atoms with Crippen molar-refractivity contribution in [2.75, 3.05) is 14.1 Å². The van der Waals surface area contributed by atoms with Crippen molar-refractivity contribution in [3.63, 3.8) is 0 Å². The van der Waals surface area contributed by atoms with E-state index in [4.69, 9.17) is 23.2 Å². The quantitative estimate of drug-likeness (QED) is 0.743. The van der Waals surface area contributed by atoms with Crippen LogP contribution in [-0.4, -0.2) is 25.0 Å². The monoisotopic (exact) mass is 273 g/mol. The molecule has 1 rings (SSSR count). The summed E-state index contributed by atoms with van der Waals surface area (Å²) in [6.45, 7) is 4.44. The first-order valence-corrected chi connectivity index (χ1v) is 6.82. The molecule has 1 aromatic carbocycles. The first kappa shape index (κ1) is 14.8. The molecule has 0 fully saturated rings. The van der Waals surface area contributed by atoms with Crippen molar-refractivity contribution < 1.29 is 0 Å². The Balaban J connectivity index is 2.89. The lowest BCUT2D eigenvalue weighted by Crippen LogP contribution is -2.26. The minimum Gasteiger partial charge on any atom is -0.307 e. The Morgan fingerprint density at radius 3 is 2.41 bits per heavy atom. The highest BCUT2D eigenvalue weighted by Gasteiger charge is 2.17.